The van der Waals surface area contributed by atoms with E-state index in [1.165, 1.54) is 32.1 Å². The van der Waals surface area contributed by atoms with Gasteiger partial charge in [-0.1, -0.05) is 103 Å². The van der Waals surface area contributed by atoms with E-state index >= 15 is 0 Å². The minimum absolute atomic E-state index is 0.158. The van der Waals surface area contributed by atoms with E-state index in [-0.39, 0.29) is 26.1 Å². The van der Waals surface area contributed by atoms with E-state index in [0.717, 1.165) is 70.6 Å². The van der Waals surface area contributed by atoms with Gasteiger partial charge in [0.05, 0.1) is 19.8 Å². The molecule has 0 saturated carbocycles. The van der Waals surface area contributed by atoms with Crippen LogP contribution in [0, 0.1) is 0 Å². The fourth-order valence-corrected chi connectivity index (χ4v) is 6.62. The van der Waals surface area contributed by atoms with Crippen molar-refractivity contribution in [1.82, 2.24) is 0 Å². The van der Waals surface area contributed by atoms with Crippen LogP contribution in [0.3, 0.4) is 0 Å². The Balaban J connectivity index is 1.86. The largest absolute Gasteiger partial charge is 0.462 e. The molecule has 0 aromatic rings. The number of esters is 2. The molecule has 0 bridgehead atoms. The Morgan fingerprint density at radius 1 is 0.554 bits per heavy atom. The Bertz CT molecular complexity index is 1040. The minimum atomic E-state index is -1.76. The summed E-state index contributed by atoms with van der Waals surface area (Å²) in [6.45, 7) is 2.47. The van der Waals surface area contributed by atoms with Crippen molar-refractivity contribution in [1.29, 1.82) is 0 Å². The first-order valence-corrected chi connectivity index (χ1v) is 21.3. The van der Waals surface area contributed by atoms with E-state index in [0.29, 0.717) is 12.8 Å². The van der Waals surface area contributed by atoms with E-state index in [1.807, 2.05) is 0 Å². The molecule has 0 amide bonds. The summed E-state index contributed by atoms with van der Waals surface area (Å²) in [6, 6.07) is 0. The van der Waals surface area contributed by atoms with Crippen molar-refractivity contribution in [3.8, 4) is 0 Å². The molecule has 15 nitrogen and oxygen atoms in total. The fourth-order valence-electron chi connectivity index (χ4n) is 6.62. The van der Waals surface area contributed by atoms with Crippen molar-refractivity contribution in [2.24, 2.45) is 0 Å². The van der Waals surface area contributed by atoms with Crippen LogP contribution in [-0.4, -0.2) is 142 Å². The van der Waals surface area contributed by atoms with Gasteiger partial charge >= 0.3 is 11.9 Å². The Kier molecular flexibility index (Phi) is 27.3. The van der Waals surface area contributed by atoms with Crippen molar-refractivity contribution in [2.45, 2.75) is 210 Å². The number of aliphatic hydroxyl groups is 7. The molecule has 2 rings (SSSR count). The van der Waals surface area contributed by atoms with E-state index in [1.54, 1.807) is 0 Å². The topological polar surface area (TPSA) is 231 Å². The summed E-state index contributed by atoms with van der Waals surface area (Å²) in [7, 11) is 0. The lowest BCUT2D eigenvalue weighted by atomic mass is 9.98. The van der Waals surface area contributed by atoms with Gasteiger partial charge in [-0.2, -0.15) is 0 Å². The number of carbonyl (C=O) groups is 2. The van der Waals surface area contributed by atoms with Gasteiger partial charge < -0.3 is 64.2 Å². The normalized spacial score (nSPS) is 28.7. The second kappa shape index (κ2) is 30.3. The Hall–Kier alpha value is -1.76. The van der Waals surface area contributed by atoms with E-state index in [4.69, 9.17) is 28.4 Å². The van der Waals surface area contributed by atoms with E-state index in [2.05, 4.69) is 26.0 Å². The lowest BCUT2D eigenvalue weighted by Gasteiger charge is -2.42. The lowest BCUT2D eigenvalue weighted by Crippen LogP contribution is -2.61. The van der Waals surface area contributed by atoms with Crippen molar-refractivity contribution in [3.05, 3.63) is 12.2 Å². The first-order chi connectivity index (χ1) is 27.0. The maximum atomic E-state index is 12.8. The predicted octanol–water partition coefficient (Wildman–Crippen LogP) is 3.48. The number of hydrogen-bond donors (Lipinski definition) is 7. The Morgan fingerprint density at radius 2 is 1.02 bits per heavy atom. The molecular weight excluding hydrogens is 732 g/mol. The number of ether oxygens (including phenoxy) is 6. The van der Waals surface area contributed by atoms with Crippen molar-refractivity contribution in [3.63, 3.8) is 0 Å². The summed E-state index contributed by atoms with van der Waals surface area (Å²) in [4.78, 5) is 25.4. The van der Waals surface area contributed by atoms with Crippen LogP contribution in [0.5, 0.6) is 0 Å². The smallest absolute Gasteiger partial charge is 0.306 e. The number of rotatable bonds is 31. The van der Waals surface area contributed by atoms with Gasteiger partial charge in [0.2, 0.25) is 0 Å². The van der Waals surface area contributed by atoms with Crippen LogP contribution in [0.15, 0.2) is 12.2 Å². The van der Waals surface area contributed by atoms with Gasteiger partial charge in [0.15, 0.2) is 18.7 Å². The lowest BCUT2D eigenvalue weighted by molar-refractivity contribution is -0.332. The number of allylic oxidation sites excluding steroid dienone is 2. The van der Waals surface area contributed by atoms with Crippen LogP contribution in [0.25, 0.3) is 0 Å². The summed E-state index contributed by atoms with van der Waals surface area (Å²) in [5.41, 5.74) is 0. The quantitative estimate of drug-likeness (QED) is 0.0302. The average molecular weight is 807 g/mol. The third-order valence-electron chi connectivity index (χ3n) is 10.2. The average Bonchev–Trinajstić information content (AvgIpc) is 3.19. The zero-order valence-corrected chi connectivity index (χ0v) is 33.9. The molecule has 56 heavy (non-hydrogen) atoms. The highest BCUT2D eigenvalue weighted by atomic mass is 16.7. The summed E-state index contributed by atoms with van der Waals surface area (Å²) in [6.07, 6.45) is 7.30. The molecule has 0 aromatic carbocycles. The third kappa shape index (κ3) is 19.8. The highest BCUT2D eigenvalue weighted by molar-refractivity contribution is 5.70. The van der Waals surface area contributed by atoms with E-state index in [9.17, 15) is 45.3 Å². The molecule has 11 atom stereocenters. The molecule has 2 aliphatic heterocycles. The maximum Gasteiger partial charge on any atom is 0.306 e. The molecule has 0 radical (unpaired) electrons. The van der Waals surface area contributed by atoms with Gasteiger partial charge in [-0.05, 0) is 38.5 Å². The van der Waals surface area contributed by atoms with Crippen LogP contribution in [-0.2, 0) is 38.0 Å². The standard InChI is InChI=1S/C41H74O15/c1-3-5-7-9-11-12-13-14-15-16-17-18-20-22-24-33(44)54-29(26-51-32(43)23-21-19-10-8-6-4-2)27-52-40-39(50)37(48)35(46)31(56-40)28-53-41-38(49)36(47)34(45)30(25-42)55-41/h13-14,29-31,34-42,45-50H,3-12,15-28H2,1-2H3/b14-13-. The zero-order valence-electron chi connectivity index (χ0n) is 33.9. The molecule has 2 aliphatic rings. The highest BCUT2D eigenvalue weighted by Crippen LogP contribution is 2.26. The monoisotopic (exact) mass is 807 g/mol. The Morgan fingerprint density at radius 3 is 1.57 bits per heavy atom. The van der Waals surface area contributed by atoms with Gasteiger partial charge in [-0.3, -0.25) is 9.59 Å². The predicted molar refractivity (Wildman–Crippen MR) is 206 cm³/mol. The number of hydrogen-bond acceptors (Lipinski definition) is 15. The second-order valence-electron chi connectivity index (χ2n) is 15.2. The molecule has 2 fully saturated rings. The third-order valence-corrected chi connectivity index (χ3v) is 10.2. The SMILES string of the molecule is CCCCCCC/C=C\CCCCCCCC(=O)OC(COC(=O)CCCCCCCC)COC1OC(COC2OC(CO)C(O)C(O)C2O)C(O)C(O)C1O. The van der Waals surface area contributed by atoms with Gasteiger partial charge in [-0.15, -0.1) is 0 Å². The first-order valence-electron chi connectivity index (χ1n) is 21.3. The van der Waals surface area contributed by atoms with Crippen LogP contribution in [0.4, 0.5) is 0 Å². The molecule has 2 saturated heterocycles. The molecule has 7 N–H and O–H groups in total. The van der Waals surface area contributed by atoms with Crippen molar-refractivity contribution >= 4 is 11.9 Å². The van der Waals surface area contributed by atoms with Gasteiger partial charge in [0.1, 0.15) is 55.4 Å². The maximum absolute atomic E-state index is 12.8. The molecule has 0 aliphatic carbocycles. The van der Waals surface area contributed by atoms with Crippen LogP contribution >= 0.6 is 0 Å². The second-order valence-corrected chi connectivity index (χ2v) is 15.2. The van der Waals surface area contributed by atoms with Gasteiger partial charge in [0.25, 0.3) is 0 Å². The highest BCUT2D eigenvalue weighted by Gasteiger charge is 2.47. The molecule has 0 aromatic heterocycles. The summed E-state index contributed by atoms with van der Waals surface area (Å²) in [5.74, 6) is -0.944. The fraction of sp³-hybridized carbons (Fsp3) is 0.902. The van der Waals surface area contributed by atoms with Crippen molar-refractivity contribution in [2.75, 3.05) is 26.4 Å². The molecule has 0 spiro atoms. The first kappa shape index (κ1) is 50.4. The summed E-state index contributed by atoms with van der Waals surface area (Å²) < 4.78 is 33.3. The van der Waals surface area contributed by atoms with Gasteiger partial charge in [-0.25, -0.2) is 0 Å². The zero-order chi connectivity index (χ0) is 41.1. The molecule has 15 heteroatoms. The van der Waals surface area contributed by atoms with Gasteiger partial charge in [0, 0.05) is 12.8 Å². The molecule has 11 unspecified atom stereocenters. The molecular formula is C41H74O15. The number of aliphatic hydroxyl groups excluding tert-OH is 7. The van der Waals surface area contributed by atoms with Crippen LogP contribution in [0.2, 0.25) is 0 Å². The minimum Gasteiger partial charge on any atom is -0.462 e. The van der Waals surface area contributed by atoms with E-state index < -0.39 is 92.7 Å². The summed E-state index contributed by atoms with van der Waals surface area (Å²) in [5, 5.41) is 71.6. The summed E-state index contributed by atoms with van der Waals surface area (Å²) >= 11 is 0. The Labute approximate surface area is 333 Å². The molecule has 328 valence electrons. The van der Waals surface area contributed by atoms with Crippen LogP contribution in [0.1, 0.15) is 142 Å². The van der Waals surface area contributed by atoms with Crippen LogP contribution < -0.4 is 0 Å². The molecule has 2 heterocycles. The number of carbonyl (C=O) groups excluding carboxylic acids is 2. The van der Waals surface area contributed by atoms with Crippen molar-refractivity contribution < 1.29 is 73.8 Å². The number of unbranched alkanes of at least 4 members (excludes halogenated alkanes) is 15.